The van der Waals surface area contributed by atoms with Gasteiger partial charge in [0.05, 0.1) is 21.8 Å². The average molecular weight is 419 g/mol. The van der Waals surface area contributed by atoms with E-state index in [-0.39, 0.29) is 11.3 Å². The Morgan fingerprint density at radius 1 is 0.931 bits per heavy atom. The summed E-state index contributed by atoms with van der Waals surface area (Å²) in [6, 6.07) is 18.1. The first-order valence-corrected chi connectivity index (χ1v) is 9.84. The molecule has 0 radical (unpaired) electrons. The summed E-state index contributed by atoms with van der Waals surface area (Å²) in [6.07, 6.45) is 0. The number of hydrogen-bond acceptors (Lipinski definition) is 4. The summed E-state index contributed by atoms with van der Waals surface area (Å²) < 4.78 is 1.57. The van der Waals surface area contributed by atoms with Crippen molar-refractivity contribution in [3.8, 4) is 11.1 Å². The van der Waals surface area contributed by atoms with Gasteiger partial charge in [0.2, 0.25) is 0 Å². The SMILES string of the molecule is Cn1c(=O)cc2c3c(c(Nc4ccc(S)c(Cl)c4)ccc31)C(=O)c1ccccc1-2. The van der Waals surface area contributed by atoms with E-state index >= 15 is 0 Å². The standard InChI is InChI=1S/C23H15ClN2O2S/c1-26-18-8-7-17(25-12-6-9-19(29)16(24)10-12)22-21(18)15(11-20(26)27)13-4-2-3-5-14(13)23(22)28/h2-11,25,29H,1H3. The number of aryl methyl sites for hydroxylation is 1. The molecular formula is C23H15ClN2O2S. The maximum absolute atomic E-state index is 13.5. The zero-order valence-corrected chi connectivity index (χ0v) is 17.0. The summed E-state index contributed by atoms with van der Waals surface area (Å²) in [5, 5.41) is 4.61. The quantitative estimate of drug-likeness (QED) is 0.375. The Morgan fingerprint density at radius 3 is 2.45 bits per heavy atom. The molecule has 6 heteroatoms. The molecule has 0 unspecified atom stereocenters. The van der Waals surface area contributed by atoms with Crippen LogP contribution in [0.3, 0.4) is 0 Å². The number of pyridine rings is 1. The van der Waals surface area contributed by atoms with Crippen molar-refractivity contribution < 1.29 is 4.79 Å². The van der Waals surface area contributed by atoms with Gasteiger partial charge in [0, 0.05) is 34.6 Å². The van der Waals surface area contributed by atoms with Crippen LogP contribution in [-0.2, 0) is 7.05 Å². The van der Waals surface area contributed by atoms with E-state index in [0.717, 1.165) is 27.7 Å². The normalized spacial score (nSPS) is 12.2. The van der Waals surface area contributed by atoms with E-state index in [9.17, 15) is 9.59 Å². The van der Waals surface area contributed by atoms with Crippen LogP contribution in [0.1, 0.15) is 15.9 Å². The molecule has 5 rings (SSSR count). The number of hydrogen-bond donors (Lipinski definition) is 2. The van der Waals surface area contributed by atoms with E-state index < -0.39 is 0 Å². The van der Waals surface area contributed by atoms with Gasteiger partial charge in [0.25, 0.3) is 5.56 Å². The molecule has 1 aliphatic rings. The number of nitrogens with one attached hydrogen (secondary N) is 1. The second-order valence-electron chi connectivity index (χ2n) is 7.00. The van der Waals surface area contributed by atoms with Gasteiger partial charge in [0.1, 0.15) is 0 Å². The lowest BCUT2D eigenvalue weighted by Crippen LogP contribution is -2.21. The van der Waals surface area contributed by atoms with Gasteiger partial charge in [-0.2, -0.15) is 0 Å². The molecule has 0 amide bonds. The van der Waals surface area contributed by atoms with Crippen LogP contribution >= 0.6 is 24.2 Å². The summed E-state index contributed by atoms with van der Waals surface area (Å²) in [6.45, 7) is 0. The monoisotopic (exact) mass is 418 g/mol. The third kappa shape index (κ3) is 2.69. The highest BCUT2D eigenvalue weighted by atomic mass is 35.5. The van der Waals surface area contributed by atoms with Crippen LogP contribution < -0.4 is 10.9 Å². The largest absolute Gasteiger partial charge is 0.355 e. The van der Waals surface area contributed by atoms with Gasteiger partial charge < -0.3 is 9.88 Å². The van der Waals surface area contributed by atoms with E-state index in [1.54, 1.807) is 35.9 Å². The Hall–Kier alpha value is -3.02. The van der Waals surface area contributed by atoms with Crippen molar-refractivity contribution in [2.45, 2.75) is 4.90 Å². The number of halogens is 1. The number of ketones is 1. The van der Waals surface area contributed by atoms with Crippen LogP contribution in [0.5, 0.6) is 0 Å². The number of carbonyl (C=O) groups is 1. The first-order valence-electron chi connectivity index (χ1n) is 9.02. The van der Waals surface area contributed by atoms with Crippen LogP contribution in [0.4, 0.5) is 11.4 Å². The number of aromatic nitrogens is 1. The molecule has 0 saturated heterocycles. The fraction of sp³-hybridized carbons (Fsp3) is 0.0435. The molecule has 0 bridgehead atoms. The first kappa shape index (κ1) is 18.0. The van der Waals surface area contributed by atoms with E-state index in [0.29, 0.717) is 26.7 Å². The Labute approximate surface area is 177 Å². The Balaban J connectivity index is 1.83. The summed E-state index contributed by atoms with van der Waals surface area (Å²) in [5.41, 5.74) is 4.74. The van der Waals surface area contributed by atoms with Crippen LogP contribution in [0.2, 0.25) is 5.02 Å². The molecule has 3 aromatic carbocycles. The number of anilines is 2. The number of benzene rings is 3. The predicted molar refractivity (Wildman–Crippen MR) is 120 cm³/mol. The lowest BCUT2D eigenvalue weighted by atomic mass is 9.83. The van der Waals surface area contributed by atoms with Crippen molar-refractivity contribution >= 4 is 52.3 Å². The molecule has 0 aliphatic heterocycles. The van der Waals surface area contributed by atoms with Gasteiger partial charge >= 0.3 is 0 Å². The number of thiol groups is 1. The third-order valence-electron chi connectivity index (χ3n) is 5.33. The van der Waals surface area contributed by atoms with Crippen molar-refractivity contribution in [2.24, 2.45) is 7.05 Å². The topological polar surface area (TPSA) is 51.1 Å². The summed E-state index contributed by atoms with van der Waals surface area (Å²) in [7, 11) is 1.72. The highest BCUT2D eigenvalue weighted by Gasteiger charge is 2.28. The van der Waals surface area contributed by atoms with Crippen molar-refractivity contribution in [1.29, 1.82) is 0 Å². The Bertz CT molecular complexity index is 1410. The molecule has 1 heterocycles. The van der Waals surface area contributed by atoms with Gasteiger partial charge in [-0.15, -0.1) is 12.6 Å². The minimum atomic E-state index is -0.112. The molecular weight excluding hydrogens is 404 g/mol. The lowest BCUT2D eigenvalue weighted by Gasteiger charge is -2.23. The first-order chi connectivity index (χ1) is 14.0. The smallest absolute Gasteiger partial charge is 0.251 e. The molecule has 4 aromatic rings. The maximum Gasteiger partial charge on any atom is 0.251 e. The van der Waals surface area contributed by atoms with E-state index in [2.05, 4.69) is 17.9 Å². The molecule has 0 saturated carbocycles. The van der Waals surface area contributed by atoms with Gasteiger partial charge in [0.15, 0.2) is 5.78 Å². The zero-order chi connectivity index (χ0) is 20.3. The van der Waals surface area contributed by atoms with Crippen LogP contribution in [-0.4, -0.2) is 10.4 Å². The average Bonchev–Trinajstić information content (AvgIpc) is 2.72. The lowest BCUT2D eigenvalue weighted by molar-refractivity contribution is 0.104. The predicted octanol–water partition coefficient (Wildman–Crippen LogP) is 5.44. The third-order valence-corrected chi connectivity index (χ3v) is 6.16. The summed E-state index contributed by atoms with van der Waals surface area (Å²) in [5.74, 6) is -0.0724. The molecule has 1 aromatic heterocycles. The van der Waals surface area contributed by atoms with Crippen molar-refractivity contribution in [1.82, 2.24) is 4.57 Å². The van der Waals surface area contributed by atoms with Crippen molar-refractivity contribution in [3.63, 3.8) is 0 Å². The highest BCUT2D eigenvalue weighted by Crippen LogP contribution is 2.42. The molecule has 1 aliphatic carbocycles. The fourth-order valence-electron chi connectivity index (χ4n) is 3.90. The number of nitrogens with zero attached hydrogens (tertiary/aromatic N) is 1. The van der Waals surface area contributed by atoms with Crippen molar-refractivity contribution in [2.75, 3.05) is 5.32 Å². The molecule has 29 heavy (non-hydrogen) atoms. The minimum Gasteiger partial charge on any atom is -0.355 e. The number of fused-ring (bicyclic) bond motifs is 2. The highest BCUT2D eigenvalue weighted by molar-refractivity contribution is 7.80. The molecule has 4 nitrogen and oxygen atoms in total. The fourth-order valence-corrected chi connectivity index (χ4v) is 4.22. The molecule has 142 valence electrons. The van der Waals surface area contributed by atoms with Crippen LogP contribution in [0.25, 0.3) is 22.0 Å². The number of carbonyl (C=O) groups excluding carboxylic acids is 1. The molecule has 0 spiro atoms. The van der Waals surface area contributed by atoms with Gasteiger partial charge in [-0.25, -0.2) is 0 Å². The maximum atomic E-state index is 13.5. The molecule has 0 fully saturated rings. The Morgan fingerprint density at radius 2 is 1.69 bits per heavy atom. The second kappa shape index (κ2) is 6.51. The van der Waals surface area contributed by atoms with E-state index in [1.165, 1.54) is 0 Å². The van der Waals surface area contributed by atoms with E-state index in [1.807, 2.05) is 36.4 Å². The van der Waals surface area contributed by atoms with Gasteiger partial charge in [-0.1, -0.05) is 35.9 Å². The molecule has 0 atom stereocenters. The Kier molecular flexibility index (Phi) is 4.05. The zero-order valence-electron chi connectivity index (χ0n) is 15.4. The van der Waals surface area contributed by atoms with Crippen LogP contribution in [0, 0.1) is 0 Å². The molecule has 1 N–H and O–H groups in total. The van der Waals surface area contributed by atoms with Gasteiger partial charge in [-0.3, -0.25) is 9.59 Å². The van der Waals surface area contributed by atoms with Crippen molar-refractivity contribution in [3.05, 3.63) is 87.2 Å². The van der Waals surface area contributed by atoms with E-state index in [4.69, 9.17) is 11.6 Å². The van der Waals surface area contributed by atoms with Gasteiger partial charge in [-0.05, 0) is 41.5 Å². The van der Waals surface area contributed by atoms with Crippen LogP contribution in [0.15, 0.2) is 70.4 Å². The number of rotatable bonds is 2. The minimum absolute atomic E-state index is 0.0724. The summed E-state index contributed by atoms with van der Waals surface area (Å²) >= 11 is 10.5. The summed E-state index contributed by atoms with van der Waals surface area (Å²) in [4.78, 5) is 26.7. The second-order valence-corrected chi connectivity index (χ2v) is 7.89.